The molecule has 0 spiro atoms. The fraction of sp³-hybridized carbons (Fsp3) is 0.296. The number of anilines is 2. The maximum Gasteiger partial charge on any atom is 0.215 e. The Balaban J connectivity index is 1.59. The molecule has 1 aromatic heterocycles. The van der Waals surface area contributed by atoms with E-state index in [9.17, 15) is 14.3 Å². The molecule has 36 heavy (non-hydrogen) atoms. The van der Waals surface area contributed by atoms with Crippen LogP contribution in [0.3, 0.4) is 0 Å². The largest absolute Gasteiger partial charge is 0.508 e. The fourth-order valence-corrected chi connectivity index (χ4v) is 5.09. The number of hydrogen-bond acceptors (Lipinski definition) is 8. The van der Waals surface area contributed by atoms with Gasteiger partial charge in [-0.15, -0.1) is 6.42 Å². The van der Waals surface area contributed by atoms with Gasteiger partial charge in [-0.05, 0) is 30.4 Å². The van der Waals surface area contributed by atoms with E-state index in [0.717, 1.165) is 32.2 Å². The number of ether oxygens (including phenoxy) is 1. The van der Waals surface area contributed by atoms with Crippen LogP contribution in [0.1, 0.15) is 34.3 Å². The molecule has 0 amide bonds. The highest BCUT2D eigenvalue weighted by molar-refractivity contribution is 6.01. The Morgan fingerprint density at radius 3 is 2.72 bits per heavy atom. The lowest BCUT2D eigenvalue weighted by Crippen LogP contribution is -2.51. The summed E-state index contributed by atoms with van der Waals surface area (Å²) in [5.74, 6) is 2.82. The van der Waals surface area contributed by atoms with E-state index in [1.807, 2.05) is 0 Å². The number of terminal acetylenes is 1. The van der Waals surface area contributed by atoms with Gasteiger partial charge in [0.1, 0.15) is 17.4 Å². The maximum absolute atomic E-state index is 14.5. The van der Waals surface area contributed by atoms with Crippen LogP contribution >= 0.6 is 0 Å². The van der Waals surface area contributed by atoms with Crippen LogP contribution in [0.15, 0.2) is 35.4 Å². The van der Waals surface area contributed by atoms with Crippen molar-refractivity contribution in [3.63, 3.8) is 0 Å². The number of carbonyl (C=O) groups is 1. The first kappa shape index (κ1) is 23.6. The molecule has 2 saturated heterocycles. The van der Waals surface area contributed by atoms with Gasteiger partial charge in [0, 0.05) is 60.9 Å². The van der Waals surface area contributed by atoms with Crippen molar-refractivity contribution in [1.82, 2.24) is 10.3 Å². The zero-order chi connectivity index (χ0) is 25.4. The summed E-state index contributed by atoms with van der Waals surface area (Å²) < 4.78 is 19.8. The number of rotatable bonds is 6. The number of piperazine rings is 1. The summed E-state index contributed by atoms with van der Waals surface area (Å²) in [6.07, 6.45) is 10.1. The maximum atomic E-state index is 14.5. The van der Waals surface area contributed by atoms with Crippen LogP contribution in [-0.2, 0) is 0 Å². The number of phenols is 1. The van der Waals surface area contributed by atoms with E-state index < -0.39 is 5.82 Å². The van der Waals surface area contributed by atoms with Crippen molar-refractivity contribution in [3.05, 3.63) is 52.8 Å². The van der Waals surface area contributed by atoms with Gasteiger partial charge in [0.2, 0.25) is 5.88 Å². The van der Waals surface area contributed by atoms with E-state index >= 15 is 0 Å². The quantitative estimate of drug-likeness (QED) is 0.239. The van der Waals surface area contributed by atoms with Gasteiger partial charge in [-0.2, -0.15) is 10.1 Å². The van der Waals surface area contributed by atoms with E-state index in [-0.39, 0.29) is 11.3 Å². The molecule has 2 aliphatic heterocycles. The molecule has 3 aromatic rings. The van der Waals surface area contributed by atoms with Gasteiger partial charge in [-0.25, -0.2) is 4.39 Å². The highest BCUT2D eigenvalue weighted by atomic mass is 19.1. The predicted molar refractivity (Wildman–Crippen MR) is 138 cm³/mol. The molecule has 2 aromatic carbocycles. The van der Waals surface area contributed by atoms with E-state index in [2.05, 4.69) is 26.2 Å². The van der Waals surface area contributed by atoms with Crippen LogP contribution < -0.4 is 20.0 Å². The second-order valence-electron chi connectivity index (χ2n) is 9.05. The van der Waals surface area contributed by atoms with E-state index in [1.54, 1.807) is 25.4 Å². The van der Waals surface area contributed by atoms with E-state index in [4.69, 9.17) is 11.2 Å². The molecule has 184 valence electrons. The molecule has 0 aliphatic carbocycles. The Hall–Kier alpha value is -4.16. The number of halogens is 1. The van der Waals surface area contributed by atoms with Crippen molar-refractivity contribution in [2.45, 2.75) is 24.9 Å². The highest BCUT2D eigenvalue weighted by Crippen LogP contribution is 2.35. The Labute approximate surface area is 208 Å². The number of hydrazone groups is 1. The lowest BCUT2D eigenvalue weighted by molar-refractivity contribution is 0.112. The summed E-state index contributed by atoms with van der Waals surface area (Å²) in [4.78, 5) is 18.9. The summed E-state index contributed by atoms with van der Waals surface area (Å²) in [7, 11) is 3.18. The Morgan fingerprint density at radius 1 is 1.31 bits per heavy atom. The molecule has 9 heteroatoms. The molecule has 2 bridgehead atoms. The molecule has 5 rings (SSSR count). The van der Waals surface area contributed by atoms with Crippen molar-refractivity contribution >= 4 is 34.8 Å². The summed E-state index contributed by atoms with van der Waals surface area (Å²) in [6.45, 7) is 1.52. The lowest BCUT2D eigenvalue weighted by atomic mass is 10.0. The van der Waals surface area contributed by atoms with Crippen LogP contribution in [0.4, 0.5) is 15.9 Å². The molecule has 2 aliphatic rings. The number of aromatic nitrogens is 1. The molecule has 8 nitrogen and oxygen atoms in total. The number of aldehydes is 1. The second kappa shape index (κ2) is 9.47. The number of methoxy groups -OCH3 is 1. The Kier molecular flexibility index (Phi) is 6.20. The number of nitrogens with one attached hydrogen (secondary N) is 1. The van der Waals surface area contributed by atoms with E-state index in [0.29, 0.717) is 51.4 Å². The minimum atomic E-state index is -0.535. The Morgan fingerprint density at radius 2 is 2.06 bits per heavy atom. The van der Waals surface area contributed by atoms with E-state index in [1.165, 1.54) is 30.3 Å². The number of phenolic OH excluding ortho intramolecular Hbond substituents is 1. The molecule has 2 fully saturated rings. The zero-order valence-electron chi connectivity index (χ0n) is 20.0. The van der Waals surface area contributed by atoms with Crippen molar-refractivity contribution < 1.29 is 19.0 Å². The van der Waals surface area contributed by atoms with Gasteiger partial charge in [0.05, 0.1) is 24.6 Å². The van der Waals surface area contributed by atoms with Gasteiger partial charge in [-0.1, -0.05) is 12.0 Å². The first-order valence-electron chi connectivity index (χ1n) is 11.7. The molecule has 2 N–H and O–H groups in total. The van der Waals surface area contributed by atoms with Crippen molar-refractivity contribution in [3.8, 4) is 24.0 Å². The van der Waals surface area contributed by atoms with Crippen LogP contribution in [0, 0.1) is 18.2 Å². The number of hydrogen-bond donors (Lipinski definition) is 2. The SMILES string of the molecule is C#Cc1c(F)ccc2cc(O)cc(N(C)/N=C\c3c(C=O)cc(OC)nc3N3CC4CCC(C3)N4)c12. The van der Waals surface area contributed by atoms with Gasteiger partial charge >= 0.3 is 0 Å². The van der Waals surface area contributed by atoms with Gasteiger partial charge in [0.25, 0.3) is 0 Å². The molecule has 3 heterocycles. The average Bonchev–Trinajstić information content (AvgIpc) is 3.23. The smallest absolute Gasteiger partial charge is 0.215 e. The molecule has 2 unspecified atom stereocenters. The molecule has 0 saturated carbocycles. The zero-order valence-corrected chi connectivity index (χ0v) is 20.0. The Bertz CT molecular complexity index is 1410. The molecular formula is C27H26FN5O3. The first-order chi connectivity index (χ1) is 17.4. The number of fused-ring (bicyclic) bond motifs is 3. The molecule has 2 atom stereocenters. The monoisotopic (exact) mass is 487 g/mol. The summed E-state index contributed by atoms with van der Waals surface area (Å²) in [6, 6.07) is 8.12. The third-order valence-corrected chi connectivity index (χ3v) is 6.78. The van der Waals surface area contributed by atoms with Crippen molar-refractivity contribution in [2.24, 2.45) is 5.10 Å². The third kappa shape index (κ3) is 4.20. The van der Waals surface area contributed by atoms with Gasteiger partial charge < -0.3 is 20.1 Å². The van der Waals surface area contributed by atoms with Crippen LogP contribution in [0.5, 0.6) is 11.6 Å². The number of pyridine rings is 1. The summed E-state index contributed by atoms with van der Waals surface area (Å²) in [5.41, 5.74) is 1.44. The number of carbonyl (C=O) groups excluding carboxylic acids is 1. The standard InChI is InChI=1S/C27H26FN5O3/c1-4-21-23(28)8-5-16-9-20(35)11-24(26(16)21)32(2)29-12-22-17(15-34)10-25(36-3)31-27(22)33-13-18-6-7-19(14-33)30-18/h1,5,8-12,15,18-19,30,35H,6-7,13-14H2,2-3H3/b29-12-. The summed E-state index contributed by atoms with van der Waals surface area (Å²) in [5, 5.41) is 21.0. The number of nitrogens with zero attached hydrogens (tertiary/aromatic N) is 4. The molecular weight excluding hydrogens is 461 g/mol. The van der Waals surface area contributed by atoms with Crippen LogP contribution in [-0.4, -0.2) is 61.9 Å². The minimum Gasteiger partial charge on any atom is -0.508 e. The minimum absolute atomic E-state index is 0.00851. The topological polar surface area (TPSA) is 90.3 Å². The van der Waals surface area contributed by atoms with Gasteiger partial charge in [-0.3, -0.25) is 9.80 Å². The normalized spacial score (nSPS) is 19.0. The van der Waals surface area contributed by atoms with Crippen molar-refractivity contribution in [2.75, 3.05) is 37.2 Å². The van der Waals surface area contributed by atoms with Crippen LogP contribution in [0.2, 0.25) is 0 Å². The molecule has 0 radical (unpaired) electrons. The highest BCUT2D eigenvalue weighted by Gasteiger charge is 2.34. The number of aromatic hydroxyl groups is 1. The average molecular weight is 488 g/mol. The van der Waals surface area contributed by atoms with Gasteiger partial charge in [0.15, 0.2) is 6.29 Å². The predicted octanol–water partition coefficient (Wildman–Crippen LogP) is 3.29. The first-order valence-corrected chi connectivity index (χ1v) is 11.7. The number of benzene rings is 2. The summed E-state index contributed by atoms with van der Waals surface area (Å²) >= 11 is 0. The fourth-order valence-electron chi connectivity index (χ4n) is 5.09. The second-order valence-corrected chi connectivity index (χ2v) is 9.05. The van der Waals surface area contributed by atoms with Crippen molar-refractivity contribution in [1.29, 1.82) is 0 Å². The third-order valence-electron chi connectivity index (χ3n) is 6.78. The van der Waals surface area contributed by atoms with Crippen LogP contribution in [0.25, 0.3) is 10.8 Å². The lowest BCUT2D eigenvalue weighted by Gasteiger charge is -2.34.